The molecule has 0 saturated heterocycles. The van der Waals surface area contributed by atoms with E-state index in [4.69, 9.17) is 0 Å². The van der Waals surface area contributed by atoms with Gasteiger partial charge in [-0.05, 0) is 43.2 Å². The van der Waals surface area contributed by atoms with Crippen molar-refractivity contribution in [2.45, 2.75) is 36.4 Å². The lowest BCUT2D eigenvalue weighted by Gasteiger charge is -2.06. The van der Waals surface area contributed by atoms with Crippen LogP contribution in [0, 0.1) is 6.92 Å². The van der Waals surface area contributed by atoms with Crippen LogP contribution >= 0.6 is 11.8 Å². The van der Waals surface area contributed by atoms with E-state index in [1.165, 1.54) is 17.3 Å². The maximum Gasteiger partial charge on any atom is 0.171 e. The zero-order chi connectivity index (χ0) is 14.8. The normalized spacial score (nSPS) is 12.7. The van der Waals surface area contributed by atoms with Gasteiger partial charge >= 0.3 is 0 Å². The van der Waals surface area contributed by atoms with Gasteiger partial charge in [-0.2, -0.15) is 0 Å². The number of imidazole rings is 1. The van der Waals surface area contributed by atoms with Crippen LogP contribution in [-0.4, -0.2) is 20.1 Å². The highest BCUT2D eigenvalue weighted by Crippen LogP contribution is 2.27. The van der Waals surface area contributed by atoms with Gasteiger partial charge in [0.15, 0.2) is 5.16 Å². The average Bonchev–Trinajstić information content (AvgIpc) is 2.88. The van der Waals surface area contributed by atoms with Gasteiger partial charge < -0.3 is 10.1 Å². The first-order chi connectivity index (χ1) is 10.2. The highest BCUT2D eigenvalue weighted by molar-refractivity contribution is 7.99. The van der Waals surface area contributed by atoms with E-state index in [0.29, 0.717) is 12.1 Å². The Hall–Kier alpha value is -1.85. The van der Waals surface area contributed by atoms with Crippen molar-refractivity contribution in [3.63, 3.8) is 0 Å². The highest BCUT2D eigenvalue weighted by Gasteiger charge is 2.08. The summed E-state index contributed by atoms with van der Waals surface area (Å²) >= 11 is 1.54. The Bertz CT molecular complexity index is 752. The number of aromatic nitrogens is 3. The van der Waals surface area contributed by atoms with Crippen LogP contribution in [0.2, 0.25) is 0 Å². The first-order valence-corrected chi connectivity index (χ1v) is 7.75. The lowest BCUT2D eigenvalue weighted by atomic mass is 10.2. The van der Waals surface area contributed by atoms with Crippen LogP contribution in [-0.2, 0) is 0 Å². The number of pyridine rings is 1. The van der Waals surface area contributed by atoms with Crippen LogP contribution in [0.4, 0.5) is 0 Å². The van der Waals surface area contributed by atoms with Crippen LogP contribution in [0.3, 0.4) is 0 Å². The molecule has 5 heteroatoms. The number of benzene rings is 1. The van der Waals surface area contributed by atoms with Crippen molar-refractivity contribution < 1.29 is 5.11 Å². The minimum absolute atomic E-state index is 0.488. The number of fused-ring (bicyclic) bond motifs is 1. The van der Waals surface area contributed by atoms with Gasteiger partial charge in [0.25, 0.3) is 0 Å². The smallest absolute Gasteiger partial charge is 0.171 e. The fraction of sp³-hybridized carbons (Fsp3) is 0.250. The Morgan fingerprint density at radius 1 is 1.29 bits per heavy atom. The summed E-state index contributed by atoms with van der Waals surface area (Å²) in [5.41, 5.74) is 3.93. The molecule has 0 radical (unpaired) electrons. The number of hydrogen-bond acceptors (Lipinski definition) is 4. The van der Waals surface area contributed by atoms with Crippen molar-refractivity contribution >= 4 is 22.8 Å². The minimum Gasteiger partial charge on any atom is -0.387 e. The van der Waals surface area contributed by atoms with Crippen LogP contribution in [0.1, 0.15) is 30.7 Å². The van der Waals surface area contributed by atoms with Gasteiger partial charge in [-0.15, -0.1) is 0 Å². The van der Waals surface area contributed by atoms with Crippen LogP contribution in [0.5, 0.6) is 0 Å². The van der Waals surface area contributed by atoms with Crippen molar-refractivity contribution in [2.24, 2.45) is 0 Å². The summed E-state index contributed by atoms with van der Waals surface area (Å²) in [6, 6.07) is 9.99. The molecule has 2 N–H and O–H groups in total. The zero-order valence-corrected chi connectivity index (χ0v) is 12.8. The summed E-state index contributed by atoms with van der Waals surface area (Å²) in [5.74, 6) is 0. The molecule has 0 aliphatic rings. The van der Waals surface area contributed by atoms with Crippen molar-refractivity contribution in [3.05, 3.63) is 47.8 Å². The van der Waals surface area contributed by atoms with Gasteiger partial charge in [0.1, 0.15) is 0 Å². The van der Waals surface area contributed by atoms with E-state index in [1.54, 1.807) is 6.20 Å². The second-order valence-electron chi connectivity index (χ2n) is 5.01. The average molecular weight is 299 g/mol. The van der Waals surface area contributed by atoms with E-state index in [1.807, 2.05) is 25.1 Å². The van der Waals surface area contributed by atoms with E-state index in [0.717, 1.165) is 21.1 Å². The predicted octanol–water partition coefficient (Wildman–Crippen LogP) is 3.86. The van der Waals surface area contributed by atoms with Crippen LogP contribution in [0.15, 0.2) is 46.6 Å². The molecule has 4 nitrogen and oxygen atoms in total. The van der Waals surface area contributed by atoms with Gasteiger partial charge in [0, 0.05) is 11.1 Å². The molecule has 1 atom stereocenters. The molecular formula is C16H17N3OS. The molecule has 0 saturated carbocycles. The molecule has 1 unspecified atom stereocenters. The molecule has 0 fully saturated rings. The van der Waals surface area contributed by atoms with Crippen molar-refractivity contribution in [1.29, 1.82) is 0 Å². The first-order valence-electron chi connectivity index (χ1n) is 6.94. The second kappa shape index (κ2) is 5.87. The number of hydrogen-bond donors (Lipinski definition) is 2. The Kier molecular flexibility index (Phi) is 3.94. The van der Waals surface area contributed by atoms with Crippen molar-refractivity contribution in [2.75, 3.05) is 0 Å². The highest BCUT2D eigenvalue weighted by atomic mass is 32.2. The third kappa shape index (κ3) is 3.09. The molecule has 0 amide bonds. The zero-order valence-electron chi connectivity index (χ0n) is 12.0. The van der Waals surface area contributed by atoms with Gasteiger partial charge in [-0.3, -0.25) is 4.98 Å². The Morgan fingerprint density at radius 3 is 2.86 bits per heavy atom. The molecule has 3 aromatic rings. The minimum atomic E-state index is -0.488. The standard InChI is InChI=1S/C16H17N3OS/c1-3-15(20)13-7-5-11(9-17-13)21-16-18-12-6-4-10(2)8-14(12)19-16/h4-9,15,20H,3H2,1-2H3,(H,18,19). The fourth-order valence-corrected chi connectivity index (χ4v) is 2.89. The number of rotatable bonds is 4. The molecule has 21 heavy (non-hydrogen) atoms. The number of aryl methyl sites for hydroxylation is 1. The molecule has 0 aliphatic heterocycles. The van der Waals surface area contributed by atoms with Crippen molar-refractivity contribution in [3.8, 4) is 0 Å². The number of aromatic amines is 1. The molecule has 1 aromatic carbocycles. The quantitative estimate of drug-likeness (QED) is 0.768. The van der Waals surface area contributed by atoms with Crippen molar-refractivity contribution in [1.82, 2.24) is 15.0 Å². The topological polar surface area (TPSA) is 61.8 Å². The summed E-state index contributed by atoms with van der Waals surface area (Å²) in [6.45, 7) is 4.00. The van der Waals surface area contributed by atoms with E-state index >= 15 is 0 Å². The van der Waals surface area contributed by atoms with Gasteiger partial charge in [-0.25, -0.2) is 4.98 Å². The lowest BCUT2D eigenvalue weighted by Crippen LogP contribution is -1.97. The third-order valence-electron chi connectivity index (χ3n) is 3.32. The summed E-state index contributed by atoms with van der Waals surface area (Å²) in [6.07, 6.45) is 1.96. The van der Waals surface area contributed by atoms with E-state index in [9.17, 15) is 5.11 Å². The maximum atomic E-state index is 9.74. The van der Waals surface area contributed by atoms with Gasteiger partial charge in [-0.1, -0.05) is 24.8 Å². The maximum absolute atomic E-state index is 9.74. The van der Waals surface area contributed by atoms with Gasteiger partial charge in [0.05, 0.1) is 22.8 Å². The molecule has 108 valence electrons. The molecule has 2 aromatic heterocycles. The number of nitrogens with zero attached hydrogens (tertiary/aromatic N) is 2. The second-order valence-corrected chi connectivity index (χ2v) is 6.07. The monoisotopic (exact) mass is 299 g/mol. The molecule has 3 rings (SSSR count). The SMILES string of the molecule is CCC(O)c1ccc(Sc2nc3ccc(C)cc3[nH]2)cn1. The molecule has 0 aliphatic carbocycles. The first kappa shape index (κ1) is 14.1. The lowest BCUT2D eigenvalue weighted by molar-refractivity contribution is 0.169. The van der Waals surface area contributed by atoms with Crippen LogP contribution in [0.25, 0.3) is 11.0 Å². The summed E-state index contributed by atoms with van der Waals surface area (Å²) in [4.78, 5) is 13.2. The third-order valence-corrected chi connectivity index (χ3v) is 4.18. The largest absolute Gasteiger partial charge is 0.387 e. The molecule has 0 bridgehead atoms. The Balaban J connectivity index is 1.81. The predicted molar refractivity (Wildman–Crippen MR) is 84.4 cm³/mol. The number of aliphatic hydroxyl groups is 1. The van der Waals surface area contributed by atoms with Crippen LogP contribution < -0.4 is 0 Å². The summed E-state index contributed by atoms with van der Waals surface area (Å²) in [5, 5.41) is 10.6. The summed E-state index contributed by atoms with van der Waals surface area (Å²) in [7, 11) is 0. The van der Waals surface area contributed by atoms with E-state index in [-0.39, 0.29) is 0 Å². The Morgan fingerprint density at radius 2 is 2.14 bits per heavy atom. The summed E-state index contributed by atoms with van der Waals surface area (Å²) < 4.78 is 0. The number of H-pyrrole nitrogens is 1. The van der Waals surface area contributed by atoms with Gasteiger partial charge in [0.2, 0.25) is 0 Å². The molecule has 2 heterocycles. The molecule has 0 spiro atoms. The molecular weight excluding hydrogens is 282 g/mol. The number of aliphatic hydroxyl groups excluding tert-OH is 1. The number of nitrogens with one attached hydrogen (secondary N) is 1. The Labute approximate surface area is 127 Å². The van der Waals surface area contributed by atoms with E-state index < -0.39 is 6.10 Å². The fourth-order valence-electron chi connectivity index (χ4n) is 2.12. The van der Waals surface area contributed by atoms with E-state index in [2.05, 4.69) is 34.0 Å².